The minimum absolute atomic E-state index is 0.0273. The fourth-order valence-corrected chi connectivity index (χ4v) is 5.21. The number of pyridine rings is 1. The molecule has 1 saturated heterocycles. The monoisotopic (exact) mass is 556 g/mol. The van der Waals surface area contributed by atoms with Gasteiger partial charge in [0.25, 0.3) is 0 Å². The van der Waals surface area contributed by atoms with Crippen LogP contribution in [0.4, 0.5) is 0 Å². The third kappa shape index (κ3) is 6.26. The van der Waals surface area contributed by atoms with Gasteiger partial charge in [0.15, 0.2) is 5.82 Å². The molecule has 2 aliphatic rings. The standard InChI is InChI=1S/C28H28N4O4.C4H8O/c1-17-6-4-7-22(26(17)36-16-20-11-10-19-14-29-13-12-21(19)18(20)2)24-8-5-9-25(31-24)32-27(35-3)23(15-30-32)28(33)34;1-2-4-5-3-1/h4-11,15,29H,12-14,16H2,1-3H3,(H,33,34);1-4H2. The van der Waals surface area contributed by atoms with Crippen molar-refractivity contribution < 1.29 is 24.1 Å². The van der Waals surface area contributed by atoms with Crippen molar-refractivity contribution in [3.63, 3.8) is 0 Å². The molecule has 2 N–H and O–H groups in total. The summed E-state index contributed by atoms with van der Waals surface area (Å²) in [5.41, 5.74) is 7.77. The number of aromatic nitrogens is 3. The molecule has 2 aromatic carbocycles. The highest BCUT2D eigenvalue weighted by atomic mass is 16.5. The molecule has 0 atom stereocenters. The number of rotatable bonds is 7. The molecule has 0 saturated carbocycles. The van der Waals surface area contributed by atoms with E-state index in [9.17, 15) is 9.90 Å². The van der Waals surface area contributed by atoms with E-state index in [1.807, 2.05) is 37.3 Å². The van der Waals surface area contributed by atoms with Crippen molar-refractivity contribution in [2.75, 3.05) is 26.9 Å². The average molecular weight is 557 g/mol. The van der Waals surface area contributed by atoms with Crippen LogP contribution in [-0.2, 0) is 24.3 Å². The van der Waals surface area contributed by atoms with Crippen molar-refractivity contribution in [1.82, 2.24) is 20.1 Å². The molecule has 41 heavy (non-hydrogen) atoms. The number of carboxylic acids is 1. The smallest absolute Gasteiger partial charge is 0.342 e. The fraction of sp³-hybridized carbons (Fsp3) is 0.344. The quantitative estimate of drug-likeness (QED) is 0.317. The van der Waals surface area contributed by atoms with Crippen molar-refractivity contribution in [2.45, 2.75) is 46.3 Å². The van der Waals surface area contributed by atoms with E-state index in [2.05, 4.69) is 29.5 Å². The zero-order chi connectivity index (χ0) is 28.8. The molecule has 0 spiro atoms. The van der Waals surface area contributed by atoms with Gasteiger partial charge < -0.3 is 24.6 Å². The zero-order valence-corrected chi connectivity index (χ0v) is 23.8. The number of aryl methyl sites for hydroxylation is 1. The topological polar surface area (TPSA) is 108 Å². The highest BCUT2D eigenvalue weighted by molar-refractivity contribution is 5.90. The first-order chi connectivity index (χ1) is 20.0. The number of carbonyl (C=O) groups is 1. The summed E-state index contributed by atoms with van der Waals surface area (Å²) in [6, 6.07) is 15.8. The number of hydrogen-bond acceptors (Lipinski definition) is 7. The normalized spacial score (nSPS) is 14.1. The molecule has 2 aliphatic heterocycles. The van der Waals surface area contributed by atoms with Crippen LogP contribution in [0.3, 0.4) is 0 Å². The second-order valence-corrected chi connectivity index (χ2v) is 10.1. The average Bonchev–Trinajstić information content (AvgIpc) is 3.71. The molecule has 214 valence electrons. The van der Waals surface area contributed by atoms with Gasteiger partial charge in [-0.25, -0.2) is 9.78 Å². The predicted molar refractivity (Wildman–Crippen MR) is 156 cm³/mol. The Kier molecular flexibility index (Phi) is 8.96. The largest absolute Gasteiger partial charge is 0.488 e. The second-order valence-electron chi connectivity index (χ2n) is 10.1. The van der Waals surface area contributed by atoms with Crippen LogP contribution in [0.15, 0.2) is 54.7 Å². The van der Waals surface area contributed by atoms with E-state index in [1.54, 1.807) is 6.07 Å². The number of para-hydroxylation sites is 1. The minimum Gasteiger partial charge on any atom is -0.488 e. The number of methoxy groups -OCH3 is 1. The second kappa shape index (κ2) is 13.0. The third-order valence-electron chi connectivity index (χ3n) is 7.46. The summed E-state index contributed by atoms with van der Waals surface area (Å²) in [4.78, 5) is 16.3. The van der Waals surface area contributed by atoms with Gasteiger partial charge in [-0.2, -0.15) is 9.78 Å². The van der Waals surface area contributed by atoms with Crippen LogP contribution in [0.5, 0.6) is 11.6 Å². The van der Waals surface area contributed by atoms with E-state index in [0.29, 0.717) is 18.1 Å². The highest BCUT2D eigenvalue weighted by Crippen LogP contribution is 2.34. The van der Waals surface area contributed by atoms with Gasteiger partial charge in [0.05, 0.1) is 19.0 Å². The van der Waals surface area contributed by atoms with Crippen molar-refractivity contribution in [1.29, 1.82) is 0 Å². The van der Waals surface area contributed by atoms with Crippen LogP contribution in [0.2, 0.25) is 0 Å². The van der Waals surface area contributed by atoms with Gasteiger partial charge >= 0.3 is 5.97 Å². The molecule has 0 radical (unpaired) electrons. The van der Waals surface area contributed by atoms with E-state index in [1.165, 1.54) is 53.1 Å². The molecule has 0 aliphatic carbocycles. The van der Waals surface area contributed by atoms with Crippen LogP contribution in [0.25, 0.3) is 17.1 Å². The van der Waals surface area contributed by atoms with Crippen LogP contribution in [0, 0.1) is 13.8 Å². The maximum absolute atomic E-state index is 11.5. The Hall–Kier alpha value is -4.21. The summed E-state index contributed by atoms with van der Waals surface area (Å²) in [7, 11) is 1.41. The molecule has 0 bridgehead atoms. The molecule has 9 nitrogen and oxygen atoms in total. The molecule has 1 fully saturated rings. The number of benzene rings is 2. The van der Waals surface area contributed by atoms with E-state index >= 15 is 0 Å². The van der Waals surface area contributed by atoms with Gasteiger partial charge in [0, 0.05) is 25.3 Å². The van der Waals surface area contributed by atoms with Crippen LogP contribution in [0.1, 0.15) is 51.0 Å². The van der Waals surface area contributed by atoms with Crippen LogP contribution in [-0.4, -0.2) is 52.7 Å². The van der Waals surface area contributed by atoms with E-state index in [4.69, 9.17) is 19.2 Å². The van der Waals surface area contributed by atoms with Crippen molar-refractivity contribution in [3.8, 4) is 28.7 Å². The van der Waals surface area contributed by atoms with Crippen molar-refractivity contribution >= 4 is 5.97 Å². The molecule has 9 heteroatoms. The zero-order valence-electron chi connectivity index (χ0n) is 23.8. The van der Waals surface area contributed by atoms with Gasteiger partial charge in [-0.3, -0.25) is 0 Å². The van der Waals surface area contributed by atoms with E-state index < -0.39 is 5.97 Å². The summed E-state index contributed by atoms with van der Waals surface area (Å²) in [6.07, 6.45) is 4.84. The van der Waals surface area contributed by atoms with E-state index in [0.717, 1.165) is 49.6 Å². The Morgan fingerprint density at radius 2 is 1.90 bits per heavy atom. The number of nitrogens with one attached hydrogen (secondary N) is 1. The molecule has 2 aromatic heterocycles. The van der Waals surface area contributed by atoms with Crippen LogP contribution < -0.4 is 14.8 Å². The lowest BCUT2D eigenvalue weighted by atomic mass is 9.93. The number of nitrogens with zero attached hydrogens (tertiary/aromatic N) is 3. The minimum atomic E-state index is -1.11. The molecule has 0 amide bonds. The van der Waals surface area contributed by atoms with Gasteiger partial charge in [0.2, 0.25) is 5.88 Å². The Morgan fingerprint density at radius 1 is 1.10 bits per heavy atom. The summed E-state index contributed by atoms with van der Waals surface area (Å²) < 4.78 is 18.1. The molecule has 6 rings (SSSR count). The van der Waals surface area contributed by atoms with Crippen molar-refractivity contribution in [2.24, 2.45) is 0 Å². The first-order valence-corrected chi connectivity index (χ1v) is 13.9. The maximum Gasteiger partial charge on any atom is 0.342 e. The number of hydrogen-bond donors (Lipinski definition) is 2. The Bertz CT molecular complexity index is 1520. The van der Waals surface area contributed by atoms with Gasteiger partial charge in [0.1, 0.15) is 17.9 Å². The molecular weight excluding hydrogens is 520 g/mol. The first kappa shape index (κ1) is 28.3. The summed E-state index contributed by atoms with van der Waals surface area (Å²) in [6.45, 7) is 8.56. The molecule has 0 unspecified atom stereocenters. The highest BCUT2D eigenvalue weighted by Gasteiger charge is 2.20. The fourth-order valence-electron chi connectivity index (χ4n) is 5.21. The lowest BCUT2D eigenvalue weighted by Gasteiger charge is -2.22. The Labute approximate surface area is 240 Å². The number of ether oxygens (including phenoxy) is 3. The third-order valence-corrected chi connectivity index (χ3v) is 7.46. The van der Waals surface area contributed by atoms with Crippen LogP contribution >= 0.6 is 0 Å². The lowest BCUT2D eigenvalue weighted by Crippen LogP contribution is -2.24. The number of aromatic carboxylic acids is 1. The first-order valence-electron chi connectivity index (χ1n) is 13.9. The van der Waals surface area contributed by atoms with E-state index in [-0.39, 0.29) is 11.4 Å². The number of fused-ring (bicyclic) bond motifs is 1. The molecule has 4 aromatic rings. The molecule has 4 heterocycles. The maximum atomic E-state index is 11.5. The van der Waals surface area contributed by atoms with Gasteiger partial charge in [-0.1, -0.05) is 30.3 Å². The van der Waals surface area contributed by atoms with Crippen molar-refractivity contribution in [3.05, 3.63) is 88.1 Å². The van der Waals surface area contributed by atoms with Gasteiger partial charge in [-0.05, 0) is 85.7 Å². The summed E-state index contributed by atoms with van der Waals surface area (Å²) in [5, 5.41) is 17.0. The Morgan fingerprint density at radius 3 is 2.63 bits per heavy atom. The summed E-state index contributed by atoms with van der Waals surface area (Å²) >= 11 is 0. The summed E-state index contributed by atoms with van der Waals surface area (Å²) in [5.74, 6) is 0.214. The lowest BCUT2D eigenvalue weighted by molar-refractivity contribution is 0.0693. The predicted octanol–water partition coefficient (Wildman–Crippen LogP) is 5.28. The number of carboxylic acid groups (broad SMARTS) is 1. The Balaban J connectivity index is 0.000000610. The van der Waals surface area contributed by atoms with Gasteiger partial charge in [-0.15, -0.1) is 0 Å². The molecular formula is C32H36N4O5. The SMILES string of the molecule is C1CCOC1.COc1c(C(=O)O)cnn1-c1cccc(-c2cccc(C)c2OCc2ccc3c(c2C)CCNC3)n1.